The molecule has 7 heteroatoms. The number of hydrogen-bond acceptors (Lipinski definition) is 5. The highest BCUT2D eigenvalue weighted by Crippen LogP contribution is 2.38. The molecule has 1 aromatic rings. The maximum Gasteiger partial charge on any atom is 0.252 e. The van der Waals surface area contributed by atoms with Crippen molar-refractivity contribution in [1.82, 2.24) is 10.6 Å². The van der Waals surface area contributed by atoms with Crippen LogP contribution in [0.25, 0.3) is 0 Å². The van der Waals surface area contributed by atoms with E-state index in [-0.39, 0.29) is 11.8 Å². The van der Waals surface area contributed by atoms with Crippen LogP contribution in [0.2, 0.25) is 0 Å². The zero-order valence-electron chi connectivity index (χ0n) is 15.9. The molecule has 26 heavy (non-hydrogen) atoms. The van der Waals surface area contributed by atoms with Gasteiger partial charge in [-0.1, -0.05) is 19.3 Å². The summed E-state index contributed by atoms with van der Waals surface area (Å²) in [5.74, 6) is 0.751. The van der Waals surface area contributed by atoms with Crippen molar-refractivity contribution < 1.29 is 23.8 Å². The fraction of sp³-hybridized carbons (Fsp3) is 0.579. The van der Waals surface area contributed by atoms with Gasteiger partial charge in [-0.25, -0.2) is 0 Å². The Labute approximate surface area is 154 Å². The van der Waals surface area contributed by atoms with Crippen LogP contribution in [-0.4, -0.2) is 45.2 Å². The first-order valence-electron chi connectivity index (χ1n) is 8.92. The first kappa shape index (κ1) is 19.9. The number of benzene rings is 1. The van der Waals surface area contributed by atoms with Crippen molar-refractivity contribution in [2.24, 2.45) is 0 Å². The van der Waals surface area contributed by atoms with Gasteiger partial charge in [0.2, 0.25) is 11.7 Å². The van der Waals surface area contributed by atoms with E-state index in [1.54, 1.807) is 12.1 Å². The number of hydrogen-bond donors (Lipinski definition) is 2. The Balaban J connectivity index is 2.33. The number of methoxy groups -OCH3 is 3. The summed E-state index contributed by atoms with van der Waals surface area (Å²) in [5.41, 5.74) is -0.514. The van der Waals surface area contributed by atoms with E-state index in [4.69, 9.17) is 14.2 Å². The lowest BCUT2D eigenvalue weighted by molar-refractivity contribution is -0.128. The quantitative estimate of drug-likeness (QED) is 0.775. The summed E-state index contributed by atoms with van der Waals surface area (Å²) >= 11 is 0. The van der Waals surface area contributed by atoms with E-state index < -0.39 is 5.54 Å². The Hall–Kier alpha value is -2.44. The van der Waals surface area contributed by atoms with Crippen LogP contribution in [0, 0.1) is 0 Å². The molecule has 0 saturated heterocycles. The molecule has 0 atom stereocenters. The monoisotopic (exact) mass is 364 g/mol. The van der Waals surface area contributed by atoms with Gasteiger partial charge in [0.15, 0.2) is 11.5 Å². The molecule has 0 bridgehead atoms. The predicted molar refractivity (Wildman–Crippen MR) is 98.1 cm³/mol. The minimum absolute atomic E-state index is 0.125. The molecule has 1 saturated carbocycles. The summed E-state index contributed by atoms with van der Waals surface area (Å²) in [6.07, 6.45) is 4.16. The number of amides is 2. The Kier molecular flexibility index (Phi) is 6.71. The number of carbonyl (C=O) groups excluding carboxylic acids is 2. The minimum Gasteiger partial charge on any atom is -0.493 e. The zero-order valence-corrected chi connectivity index (χ0v) is 15.9. The summed E-state index contributed by atoms with van der Waals surface area (Å²) in [7, 11) is 4.50. The number of carbonyl (C=O) groups is 2. The zero-order chi connectivity index (χ0) is 19.2. The van der Waals surface area contributed by atoms with Gasteiger partial charge in [0.25, 0.3) is 5.91 Å². The molecule has 0 radical (unpaired) electrons. The predicted octanol–water partition coefficient (Wildman–Crippen LogP) is 2.28. The highest BCUT2D eigenvalue weighted by molar-refractivity contribution is 6.00. The number of ether oxygens (including phenoxy) is 3. The van der Waals surface area contributed by atoms with Crippen LogP contribution in [0.15, 0.2) is 12.1 Å². The fourth-order valence-electron chi connectivity index (χ4n) is 3.40. The van der Waals surface area contributed by atoms with Crippen LogP contribution < -0.4 is 24.8 Å². The standard InChI is InChI=1S/C19H28N2O5/c1-5-20-18(23)19(9-7-6-8-10-19)21-17(22)13-11-14(24-2)16(26-4)15(12-13)25-3/h11-12H,5-10H2,1-4H3,(H,20,23)(H,21,22). The summed E-state index contributed by atoms with van der Waals surface area (Å²) in [6, 6.07) is 3.18. The average molecular weight is 364 g/mol. The topological polar surface area (TPSA) is 85.9 Å². The van der Waals surface area contributed by atoms with Crippen LogP contribution >= 0.6 is 0 Å². The Morgan fingerprint density at radius 1 is 1.00 bits per heavy atom. The molecule has 7 nitrogen and oxygen atoms in total. The lowest BCUT2D eigenvalue weighted by atomic mass is 9.80. The largest absolute Gasteiger partial charge is 0.493 e. The molecule has 2 amide bonds. The van der Waals surface area contributed by atoms with Gasteiger partial charge in [-0.15, -0.1) is 0 Å². The molecule has 1 aliphatic rings. The third kappa shape index (κ3) is 4.03. The van der Waals surface area contributed by atoms with E-state index in [0.717, 1.165) is 19.3 Å². The molecule has 1 fully saturated rings. The molecule has 0 heterocycles. The van der Waals surface area contributed by atoms with Gasteiger partial charge in [-0.05, 0) is 31.9 Å². The number of rotatable bonds is 7. The second-order valence-corrected chi connectivity index (χ2v) is 6.37. The van der Waals surface area contributed by atoms with Crippen LogP contribution in [0.5, 0.6) is 17.2 Å². The van der Waals surface area contributed by atoms with E-state index in [1.807, 2.05) is 6.92 Å². The molecule has 2 rings (SSSR count). The van der Waals surface area contributed by atoms with E-state index in [1.165, 1.54) is 21.3 Å². The normalized spacial score (nSPS) is 15.7. The van der Waals surface area contributed by atoms with Gasteiger partial charge in [0.05, 0.1) is 21.3 Å². The lowest BCUT2D eigenvalue weighted by Crippen LogP contribution is -2.59. The Morgan fingerprint density at radius 3 is 2.04 bits per heavy atom. The molecule has 0 spiro atoms. The van der Waals surface area contributed by atoms with Crippen LogP contribution in [0.1, 0.15) is 49.4 Å². The molecule has 2 N–H and O–H groups in total. The van der Waals surface area contributed by atoms with Crippen molar-refractivity contribution in [2.75, 3.05) is 27.9 Å². The molecular weight excluding hydrogens is 336 g/mol. The first-order valence-corrected chi connectivity index (χ1v) is 8.92. The lowest BCUT2D eigenvalue weighted by Gasteiger charge is -2.36. The van der Waals surface area contributed by atoms with Crippen LogP contribution in [-0.2, 0) is 4.79 Å². The van der Waals surface area contributed by atoms with Crippen molar-refractivity contribution in [3.05, 3.63) is 17.7 Å². The van der Waals surface area contributed by atoms with Gasteiger partial charge in [0.1, 0.15) is 5.54 Å². The Bertz CT molecular complexity index is 628. The van der Waals surface area contributed by atoms with Gasteiger partial charge in [0, 0.05) is 12.1 Å². The van der Waals surface area contributed by atoms with Gasteiger partial charge >= 0.3 is 0 Å². The molecule has 1 aliphatic carbocycles. The van der Waals surface area contributed by atoms with Crippen molar-refractivity contribution in [3.8, 4) is 17.2 Å². The van der Waals surface area contributed by atoms with E-state index in [2.05, 4.69) is 10.6 Å². The van der Waals surface area contributed by atoms with Gasteiger partial charge in [-0.2, -0.15) is 0 Å². The first-order chi connectivity index (χ1) is 12.5. The maximum atomic E-state index is 12.9. The summed E-state index contributed by atoms with van der Waals surface area (Å²) in [4.78, 5) is 25.6. The molecule has 0 aromatic heterocycles. The average Bonchev–Trinajstić information content (AvgIpc) is 2.67. The maximum absolute atomic E-state index is 12.9. The Morgan fingerprint density at radius 2 is 1.58 bits per heavy atom. The van der Waals surface area contributed by atoms with E-state index >= 15 is 0 Å². The second-order valence-electron chi connectivity index (χ2n) is 6.37. The van der Waals surface area contributed by atoms with Crippen molar-refractivity contribution >= 4 is 11.8 Å². The van der Waals surface area contributed by atoms with Gasteiger partial charge in [-0.3, -0.25) is 9.59 Å². The van der Waals surface area contributed by atoms with Crippen LogP contribution in [0.3, 0.4) is 0 Å². The smallest absolute Gasteiger partial charge is 0.252 e. The SMILES string of the molecule is CCNC(=O)C1(NC(=O)c2cc(OC)c(OC)c(OC)c2)CCCCC1. The van der Waals surface area contributed by atoms with Crippen molar-refractivity contribution in [2.45, 2.75) is 44.6 Å². The van der Waals surface area contributed by atoms with Crippen molar-refractivity contribution in [3.63, 3.8) is 0 Å². The fourth-order valence-corrected chi connectivity index (χ4v) is 3.40. The molecule has 0 aliphatic heterocycles. The molecular formula is C19H28N2O5. The van der Waals surface area contributed by atoms with Crippen molar-refractivity contribution in [1.29, 1.82) is 0 Å². The highest BCUT2D eigenvalue weighted by atomic mass is 16.5. The van der Waals surface area contributed by atoms with Gasteiger partial charge < -0.3 is 24.8 Å². The summed E-state index contributed by atoms with van der Waals surface area (Å²) in [5, 5.41) is 5.82. The minimum atomic E-state index is -0.869. The number of nitrogens with one attached hydrogen (secondary N) is 2. The third-order valence-electron chi connectivity index (χ3n) is 4.76. The second kappa shape index (κ2) is 8.78. The molecule has 1 aromatic carbocycles. The highest BCUT2D eigenvalue weighted by Gasteiger charge is 2.40. The van der Waals surface area contributed by atoms with E-state index in [0.29, 0.717) is 42.2 Å². The third-order valence-corrected chi connectivity index (χ3v) is 4.76. The number of likely N-dealkylation sites (N-methyl/N-ethyl adjacent to an activating group) is 1. The van der Waals surface area contributed by atoms with Crippen LogP contribution in [0.4, 0.5) is 0 Å². The molecule has 144 valence electrons. The summed E-state index contributed by atoms with van der Waals surface area (Å²) < 4.78 is 15.9. The summed E-state index contributed by atoms with van der Waals surface area (Å²) in [6.45, 7) is 2.40. The molecule has 0 unspecified atom stereocenters. The van der Waals surface area contributed by atoms with E-state index in [9.17, 15) is 9.59 Å².